The molecule has 1 aromatic rings. The van der Waals surface area contributed by atoms with Gasteiger partial charge in [0.15, 0.2) is 17.3 Å². The van der Waals surface area contributed by atoms with Gasteiger partial charge in [0.1, 0.15) is 0 Å². The topological polar surface area (TPSA) is 74.6 Å². The summed E-state index contributed by atoms with van der Waals surface area (Å²) >= 11 is 0. The van der Waals surface area contributed by atoms with Crippen LogP contribution in [0.3, 0.4) is 0 Å². The molecule has 0 heterocycles. The van der Waals surface area contributed by atoms with Crippen LogP contribution in [0.15, 0.2) is 16.9 Å². The standard InChI is InChI=1S/C19H22O4/c1-10-2-15(20)17(22)16(21)6-14(10)18(23)19-7-11-3-12(8-19)5-13(4-11)9-19/h2,6,11-13H,3-5,7-9H2,1H3,(H2,20,21,22). The fraction of sp³-hybridized carbons (Fsp3) is 0.579. The Labute approximate surface area is 135 Å². The maximum absolute atomic E-state index is 13.3. The van der Waals surface area contributed by atoms with E-state index in [0.29, 0.717) is 28.9 Å². The summed E-state index contributed by atoms with van der Waals surface area (Å²) in [6, 6.07) is 2.56. The lowest BCUT2D eigenvalue weighted by atomic mass is 9.48. The summed E-state index contributed by atoms with van der Waals surface area (Å²) < 4.78 is 0. The van der Waals surface area contributed by atoms with Crippen molar-refractivity contribution in [2.45, 2.75) is 45.4 Å². The van der Waals surface area contributed by atoms with E-state index in [1.54, 1.807) is 6.92 Å². The van der Waals surface area contributed by atoms with Crippen LogP contribution in [-0.4, -0.2) is 16.0 Å². The number of rotatable bonds is 2. The lowest BCUT2D eigenvalue weighted by molar-refractivity contribution is -0.0353. The first-order chi connectivity index (χ1) is 10.9. The predicted molar refractivity (Wildman–Crippen MR) is 85.7 cm³/mol. The van der Waals surface area contributed by atoms with Gasteiger partial charge in [0, 0.05) is 11.0 Å². The van der Waals surface area contributed by atoms with E-state index in [2.05, 4.69) is 0 Å². The third-order valence-corrected chi connectivity index (χ3v) is 6.29. The molecule has 0 spiro atoms. The van der Waals surface area contributed by atoms with Gasteiger partial charge in [-0.25, -0.2) is 0 Å². The quantitative estimate of drug-likeness (QED) is 0.822. The highest BCUT2D eigenvalue weighted by molar-refractivity contribution is 6.02. The van der Waals surface area contributed by atoms with E-state index in [1.165, 1.54) is 31.4 Å². The second-order valence-corrected chi connectivity index (χ2v) is 8.01. The Morgan fingerprint density at radius 2 is 1.48 bits per heavy atom. The van der Waals surface area contributed by atoms with Crippen molar-refractivity contribution < 1.29 is 15.0 Å². The predicted octanol–water partition coefficient (Wildman–Crippen LogP) is 3.17. The van der Waals surface area contributed by atoms with Crippen molar-refractivity contribution in [1.82, 2.24) is 0 Å². The minimum atomic E-state index is -0.822. The lowest BCUT2D eigenvalue weighted by Gasteiger charge is -2.56. The molecule has 0 amide bonds. The van der Waals surface area contributed by atoms with Crippen LogP contribution in [0.1, 0.15) is 54.4 Å². The summed E-state index contributed by atoms with van der Waals surface area (Å²) in [6.45, 7) is 1.71. The van der Waals surface area contributed by atoms with Crippen LogP contribution in [0.4, 0.5) is 0 Å². The molecule has 122 valence electrons. The van der Waals surface area contributed by atoms with Gasteiger partial charge in [-0.3, -0.25) is 9.59 Å². The van der Waals surface area contributed by atoms with E-state index in [9.17, 15) is 19.8 Å². The second kappa shape index (κ2) is 4.83. The van der Waals surface area contributed by atoms with E-state index < -0.39 is 16.9 Å². The molecule has 0 atom stereocenters. The molecule has 4 aliphatic rings. The first-order valence-corrected chi connectivity index (χ1v) is 8.50. The first-order valence-electron chi connectivity index (χ1n) is 8.50. The van der Waals surface area contributed by atoms with Crippen molar-refractivity contribution in [1.29, 1.82) is 0 Å². The highest BCUT2D eigenvalue weighted by atomic mass is 16.3. The minimum Gasteiger partial charge on any atom is -0.504 e. The molecule has 4 heteroatoms. The molecule has 4 saturated carbocycles. The zero-order valence-corrected chi connectivity index (χ0v) is 13.3. The zero-order chi connectivity index (χ0) is 16.4. The second-order valence-electron chi connectivity index (χ2n) is 8.01. The lowest BCUT2D eigenvalue weighted by Crippen LogP contribution is -2.50. The van der Waals surface area contributed by atoms with Crippen molar-refractivity contribution >= 4 is 5.78 Å². The average molecular weight is 314 g/mol. The Kier molecular flexibility index (Phi) is 3.09. The van der Waals surface area contributed by atoms with Gasteiger partial charge in [0.2, 0.25) is 0 Å². The Balaban J connectivity index is 1.80. The van der Waals surface area contributed by atoms with Gasteiger partial charge >= 0.3 is 0 Å². The summed E-state index contributed by atoms with van der Waals surface area (Å²) in [6.07, 6.45) is 6.58. The molecule has 1 aromatic carbocycles. The third kappa shape index (κ3) is 2.19. The van der Waals surface area contributed by atoms with Gasteiger partial charge in [0.05, 0.1) is 0 Å². The van der Waals surface area contributed by atoms with Crippen molar-refractivity contribution in [3.63, 3.8) is 0 Å². The van der Waals surface area contributed by atoms with Crippen LogP contribution in [0.5, 0.6) is 11.5 Å². The number of hydrogen-bond acceptors (Lipinski definition) is 4. The van der Waals surface area contributed by atoms with E-state index >= 15 is 0 Å². The van der Waals surface area contributed by atoms with Crippen LogP contribution >= 0.6 is 0 Å². The highest BCUT2D eigenvalue weighted by Gasteiger charge is 2.54. The van der Waals surface area contributed by atoms with Gasteiger partial charge in [-0.1, -0.05) is 0 Å². The Hall–Kier alpha value is -1.84. The van der Waals surface area contributed by atoms with Gasteiger partial charge in [-0.05, 0) is 80.9 Å². The number of aromatic hydroxyl groups is 2. The van der Waals surface area contributed by atoms with Gasteiger partial charge in [0.25, 0.3) is 5.43 Å². The normalized spacial score (nSPS) is 34.6. The number of Topliss-reactive ketones (excluding diaryl/α,β-unsaturated/α-hetero) is 1. The van der Waals surface area contributed by atoms with Crippen molar-refractivity contribution in [3.8, 4) is 11.5 Å². The largest absolute Gasteiger partial charge is 0.504 e. The monoisotopic (exact) mass is 314 g/mol. The third-order valence-electron chi connectivity index (χ3n) is 6.29. The summed E-state index contributed by atoms with van der Waals surface area (Å²) in [5.74, 6) is 0.952. The molecular formula is C19H22O4. The van der Waals surface area contributed by atoms with Gasteiger partial charge < -0.3 is 10.2 Å². The van der Waals surface area contributed by atoms with E-state index in [1.807, 2.05) is 0 Å². The van der Waals surface area contributed by atoms with E-state index in [4.69, 9.17) is 0 Å². The molecule has 5 rings (SSSR count). The molecule has 0 aromatic heterocycles. The molecule has 4 fully saturated rings. The maximum Gasteiger partial charge on any atom is 0.261 e. The number of carbonyl (C=O) groups is 1. The molecule has 0 radical (unpaired) electrons. The van der Waals surface area contributed by atoms with Crippen LogP contribution in [-0.2, 0) is 0 Å². The zero-order valence-electron chi connectivity index (χ0n) is 13.3. The Morgan fingerprint density at radius 3 is 2.00 bits per heavy atom. The molecular weight excluding hydrogens is 292 g/mol. The molecule has 2 N–H and O–H groups in total. The molecule has 4 bridgehead atoms. The summed E-state index contributed by atoms with van der Waals surface area (Å²) in [5.41, 5.74) is -0.195. The fourth-order valence-corrected chi connectivity index (χ4v) is 5.71. The van der Waals surface area contributed by atoms with Crippen LogP contribution in [0.2, 0.25) is 0 Å². The van der Waals surface area contributed by atoms with Crippen LogP contribution in [0.25, 0.3) is 0 Å². The molecule has 4 nitrogen and oxygen atoms in total. The van der Waals surface area contributed by atoms with Crippen molar-refractivity contribution in [2.75, 3.05) is 0 Å². The molecule has 0 saturated heterocycles. The summed E-state index contributed by atoms with van der Waals surface area (Å²) in [5, 5.41) is 19.6. The number of carbonyl (C=O) groups excluding carboxylic acids is 1. The summed E-state index contributed by atoms with van der Waals surface area (Å²) in [4.78, 5) is 25.1. The fourth-order valence-electron chi connectivity index (χ4n) is 5.71. The SMILES string of the molecule is Cc1cc(O)c(=O)c(O)cc1C(=O)C12CC3CC(CC(C3)C1)C2. The van der Waals surface area contributed by atoms with E-state index in [-0.39, 0.29) is 11.2 Å². The van der Waals surface area contributed by atoms with Gasteiger partial charge in [-0.15, -0.1) is 0 Å². The molecule has 0 unspecified atom stereocenters. The van der Waals surface area contributed by atoms with Crippen LogP contribution in [0, 0.1) is 30.1 Å². The number of aryl methyl sites for hydroxylation is 1. The average Bonchev–Trinajstić information content (AvgIpc) is 2.57. The van der Waals surface area contributed by atoms with Crippen molar-refractivity contribution in [3.05, 3.63) is 33.5 Å². The van der Waals surface area contributed by atoms with Crippen molar-refractivity contribution in [2.24, 2.45) is 23.2 Å². The Bertz CT molecular complexity index is 714. The molecule has 0 aliphatic heterocycles. The molecule has 4 aliphatic carbocycles. The van der Waals surface area contributed by atoms with Gasteiger partial charge in [-0.2, -0.15) is 0 Å². The summed E-state index contributed by atoms with van der Waals surface area (Å²) in [7, 11) is 0. The smallest absolute Gasteiger partial charge is 0.261 e. The molecule has 23 heavy (non-hydrogen) atoms. The minimum absolute atomic E-state index is 0.0550. The van der Waals surface area contributed by atoms with Crippen LogP contribution < -0.4 is 5.43 Å². The Morgan fingerprint density at radius 1 is 1.00 bits per heavy atom. The first kappa shape index (κ1) is 14.7. The highest BCUT2D eigenvalue weighted by Crippen LogP contribution is 2.61. The number of hydrogen-bond donors (Lipinski definition) is 2. The number of ketones is 1. The maximum atomic E-state index is 13.3. The van der Waals surface area contributed by atoms with E-state index in [0.717, 1.165) is 19.3 Å².